The SMILES string of the molecule is CCOC(=O)[C@H]1CCCN(S(=O)(=O)c2ccc(N3CCCC3=O)cc2)C1. The molecule has 2 saturated heterocycles. The van der Waals surface area contributed by atoms with E-state index in [1.807, 2.05) is 0 Å². The van der Waals surface area contributed by atoms with Crippen LogP contribution in [0.4, 0.5) is 5.69 Å². The summed E-state index contributed by atoms with van der Waals surface area (Å²) in [5.41, 5.74) is 0.717. The Balaban J connectivity index is 1.75. The maximum atomic E-state index is 12.9. The predicted octanol–water partition coefficient (Wildman–Crippen LogP) is 1.78. The summed E-state index contributed by atoms with van der Waals surface area (Å²) < 4.78 is 32.2. The van der Waals surface area contributed by atoms with Crippen LogP contribution in [0.25, 0.3) is 0 Å². The molecule has 2 fully saturated rings. The highest BCUT2D eigenvalue weighted by atomic mass is 32.2. The Labute approximate surface area is 154 Å². The first kappa shape index (κ1) is 18.8. The van der Waals surface area contributed by atoms with Crippen molar-refractivity contribution in [2.45, 2.75) is 37.5 Å². The van der Waals surface area contributed by atoms with E-state index < -0.39 is 15.9 Å². The molecule has 1 aromatic rings. The molecule has 0 aromatic heterocycles. The minimum atomic E-state index is -3.68. The fraction of sp³-hybridized carbons (Fsp3) is 0.556. The molecule has 0 aliphatic carbocycles. The number of anilines is 1. The van der Waals surface area contributed by atoms with Crippen molar-refractivity contribution in [1.82, 2.24) is 4.31 Å². The van der Waals surface area contributed by atoms with Gasteiger partial charge in [-0.25, -0.2) is 8.42 Å². The highest BCUT2D eigenvalue weighted by Gasteiger charge is 2.34. The summed E-state index contributed by atoms with van der Waals surface area (Å²) in [4.78, 5) is 25.6. The lowest BCUT2D eigenvalue weighted by Crippen LogP contribution is -2.42. The van der Waals surface area contributed by atoms with Crippen molar-refractivity contribution in [3.05, 3.63) is 24.3 Å². The second-order valence-electron chi connectivity index (χ2n) is 6.60. The van der Waals surface area contributed by atoms with Crippen LogP contribution in [0.15, 0.2) is 29.2 Å². The van der Waals surface area contributed by atoms with Gasteiger partial charge in [0.2, 0.25) is 15.9 Å². The number of nitrogens with zero attached hydrogens (tertiary/aromatic N) is 2. The topological polar surface area (TPSA) is 84.0 Å². The number of ether oxygens (including phenoxy) is 1. The van der Waals surface area contributed by atoms with E-state index in [2.05, 4.69) is 0 Å². The Morgan fingerprint density at radius 2 is 1.92 bits per heavy atom. The first-order valence-corrected chi connectivity index (χ1v) is 10.4. The number of hydrogen-bond donors (Lipinski definition) is 0. The van der Waals surface area contributed by atoms with E-state index >= 15 is 0 Å². The van der Waals surface area contributed by atoms with E-state index in [0.717, 1.165) is 12.1 Å². The van der Waals surface area contributed by atoms with Crippen LogP contribution in [0, 0.1) is 5.92 Å². The van der Waals surface area contributed by atoms with Gasteiger partial charge >= 0.3 is 5.97 Å². The molecule has 0 N–H and O–H groups in total. The van der Waals surface area contributed by atoms with Gasteiger partial charge in [-0.05, 0) is 50.5 Å². The van der Waals surface area contributed by atoms with E-state index in [1.54, 1.807) is 24.0 Å². The number of carbonyl (C=O) groups is 2. The summed E-state index contributed by atoms with van der Waals surface area (Å²) >= 11 is 0. The van der Waals surface area contributed by atoms with Crippen LogP contribution >= 0.6 is 0 Å². The number of carbonyl (C=O) groups excluding carboxylic acids is 2. The van der Waals surface area contributed by atoms with E-state index in [-0.39, 0.29) is 23.3 Å². The number of sulfonamides is 1. The average Bonchev–Trinajstić information content (AvgIpc) is 3.08. The van der Waals surface area contributed by atoms with Crippen molar-refractivity contribution in [2.24, 2.45) is 5.92 Å². The molecule has 2 heterocycles. The minimum Gasteiger partial charge on any atom is -0.466 e. The third-order valence-corrected chi connectivity index (χ3v) is 6.74. The van der Waals surface area contributed by atoms with Gasteiger partial charge in [0.1, 0.15) is 0 Å². The molecular weight excluding hydrogens is 356 g/mol. The summed E-state index contributed by atoms with van der Waals surface area (Å²) in [6.45, 7) is 3.23. The van der Waals surface area contributed by atoms with E-state index in [0.29, 0.717) is 39.0 Å². The summed E-state index contributed by atoms with van der Waals surface area (Å²) in [6.07, 6.45) is 2.62. The zero-order valence-corrected chi connectivity index (χ0v) is 15.7. The van der Waals surface area contributed by atoms with Crippen LogP contribution in [-0.2, 0) is 24.3 Å². The Kier molecular flexibility index (Phi) is 5.62. The lowest BCUT2D eigenvalue weighted by atomic mass is 10.0. The Morgan fingerprint density at radius 1 is 1.19 bits per heavy atom. The standard InChI is InChI=1S/C18H24N2O5S/c1-2-25-18(22)14-5-3-11-19(13-14)26(23,24)16-9-7-15(8-10-16)20-12-4-6-17(20)21/h7-10,14H,2-6,11-13H2,1H3/t14-/m0/s1. The van der Waals surface area contributed by atoms with Crippen molar-refractivity contribution in [2.75, 3.05) is 31.1 Å². The highest BCUT2D eigenvalue weighted by Crippen LogP contribution is 2.27. The van der Waals surface area contributed by atoms with Gasteiger partial charge in [0.25, 0.3) is 0 Å². The van der Waals surface area contributed by atoms with Crippen LogP contribution in [0.5, 0.6) is 0 Å². The van der Waals surface area contributed by atoms with Crippen LogP contribution < -0.4 is 4.90 Å². The third kappa shape index (κ3) is 3.76. The van der Waals surface area contributed by atoms with Gasteiger partial charge in [-0.15, -0.1) is 0 Å². The van der Waals surface area contributed by atoms with Crippen LogP contribution in [-0.4, -0.2) is 50.8 Å². The smallest absolute Gasteiger partial charge is 0.310 e. The number of amides is 1. The Morgan fingerprint density at radius 3 is 2.54 bits per heavy atom. The molecule has 142 valence electrons. The zero-order chi connectivity index (χ0) is 18.7. The number of piperidine rings is 1. The molecule has 0 saturated carbocycles. The van der Waals surface area contributed by atoms with E-state index in [9.17, 15) is 18.0 Å². The van der Waals surface area contributed by atoms with Gasteiger partial charge in [-0.3, -0.25) is 9.59 Å². The summed E-state index contributed by atoms with van der Waals surface area (Å²) in [5.74, 6) is -0.691. The molecule has 7 nitrogen and oxygen atoms in total. The van der Waals surface area contributed by atoms with E-state index in [4.69, 9.17) is 4.74 Å². The van der Waals surface area contributed by atoms with Crippen molar-refractivity contribution in [1.29, 1.82) is 0 Å². The van der Waals surface area contributed by atoms with Gasteiger partial charge in [-0.2, -0.15) is 4.31 Å². The molecule has 0 bridgehead atoms. The third-order valence-electron chi connectivity index (χ3n) is 4.86. The number of benzene rings is 1. The Hall–Kier alpha value is -1.93. The molecule has 2 aliphatic rings. The lowest BCUT2D eigenvalue weighted by Gasteiger charge is -2.30. The van der Waals surface area contributed by atoms with Gasteiger partial charge in [0.15, 0.2) is 0 Å². The predicted molar refractivity (Wildman–Crippen MR) is 96.1 cm³/mol. The fourth-order valence-electron chi connectivity index (χ4n) is 3.48. The molecular formula is C18H24N2O5S. The summed E-state index contributed by atoms with van der Waals surface area (Å²) in [5, 5.41) is 0. The molecule has 8 heteroatoms. The minimum absolute atomic E-state index is 0.0638. The zero-order valence-electron chi connectivity index (χ0n) is 14.9. The van der Waals surface area contributed by atoms with Gasteiger partial charge in [-0.1, -0.05) is 0 Å². The van der Waals surface area contributed by atoms with Crippen LogP contribution in [0.1, 0.15) is 32.6 Å². The largest absolute Gasteiger partial charge is 0.466 e. The molecule has 1 amide bonds. The van der Waals surface area contributed by atoms with Gasteiger partial charge in [0.05, 0.1) is 17.4 Å². The maximum Gasteiger partial charge on any atom is 0.310 e. The molecule has 26 heavy (non-hydrogen) atoms. The molecule has 0 spiro atoms. The molecule has 1 aromatic carbocycles. The summed E-state index contributed by atoms with van der Waals surface area (Å²) in [6, 6.07) is 6.40. The normalized spacial score (nSPS) is 21.8. The highest BCUT2D eigenvalue weighted by molar-refractivity contribution is 7.89. The van der Waals surface area contributed by atoms with Crippen LogP contribution in [0.3, 0.4) is 0 Å². The second-order valence-corrected chi connectivity index (χ2v) is 8.54. The number of hydrogen-bond acceptors (Lipinski definition) is 5. The van der Waals surface area contributed by atoms with Crippen molar-refractivity contribution >= 4 is 27.6 Å². The molecule has 2 aliphatic heterocycles. The maximum absolute atomic E-state index is 12.9. The van der Waals surface area contributed by atoms with Crippen molar-refractivity contribution in [3.8, 4) is 0 Å². The summed E-state index contributed by atoms with van der Waals surface area (Å²) in [7, 11) is -3.68. The average molecular weight is 380 g/mol. The molecule has 0 radical (unpaired) electrons. The van der Waals surface area contributed by atoms with Gasteiger partial charge < -0.3 is 9.64 Å². The van der Waals surface area contributed by atoms with Gasteiger partial charge in [0, 0.05) is 31.7 Å². The Bertz CT molecular complexity index is 775. The van der Waals surface area contributed by atoms with Crippen molar-refractivity contribution < 1.29 is 22.7 Å². The lowest BCUT2D eigenvalue weighted by molar-refractivity contribution is -0.149. The second kappa shape index (κ2) is 7.75. The molecule has 3 rings (SSSR count). The fourth-order valence-corrected chi connectivity index (χ4v) is 5.01. The number of rotatable bonds is 5. The molecule has 0 unspecified atom stereocenters. The first-order valence-electron chi connectivity index (χ1n) is 9.00. The van der Waals surface area contributed by atoms with Crippen LogP contribution in [0.2, 0.25) is 0 Å². The molecule has 1 atom stereocenters. The van der Waals surface area contributed by atoms with Crippen molar-refractivity contribution in [3.63, 3.8) is 0 Å². The number of esters is 1. The quantitative estimate of drug-likeness (QED) is 0.727. The monoisotopic (exact) mass is 380 g/mol. The van der Waals surface area contributed by atoms with E-state index in [1.165, 1.54) is 16.4 Å². The first-order chi connectivity index (χ1) is 12.4.